The first-order valence-electron chi connectivity index (χ1n) is 6.63. The molecule has 1 fully saturated rings. The summed E-state index contributed by atoms with van der Waals surface area (Å²) in [5.41, 5.74) is 1.22. The number of urea groups is 1. The van der Waals surface area contributed by atoms with E-state index in [1.807, 2.05) is 31.4 Å². The Morgan fingerprint density at radius 1 is 1.20 bits per heavy atom. The molecular weight excluding hydrogens is 260 g/mol. The molecule has 1 unspecified atom stereocenters. The van der Waals surface area contributed by atoms with E-state index in [2.05, 4.69) is 6.08 Å². The lowest BCUT2D eigenvalue weighted by molar-refractivity contribution is -0.142. The van der Waals surface area contributed by atoms with Gasteiger partial charge in [0, 0.05) is 6.42 Å². The first kappa shape index (κ1) is 16.1. The zero-order chi connectivity index (χ0) is 15.3. The summed E-state index contributed by atoms with van der Waals surface area (Å²) in [6.45, 7) is 5.91. The van der Waals surface area contributed by atoms with Gasteiger partial charge in [0.1, 0.15) is 0 Å². The van der Waals surface area contributed by atoms with E-state index in [-0.39, 0.29) is 12.3 Å². The van der Waals surface area contributed by atoms with Crippen LogP contribution >= 0.6 is 0 Å². The minimum Gasteiger partial charge on any atom is -0.298 e. The number of imide groups is 2. The molecule has 0 aromatic heterocycles. The van der Waals surface area contributed by atoms with Crippen LogP contribution in [0.2, 0.25) is 0 Å². The highest BCUT2D eigenvalue weighted by atomic mass is 16.2. The molecule has 1 aliphatic heterocycles. The van der Waals surface area contributed by atoms with Gasteiger partial charge in [-0.1, -0.05) is 18.6 Å². The minimum atomic E-state index is -1.40. The molecule has 20 heavy (non-hydrogen) atoms. The molecule has 6 nitrogen and oxygen atoms in total. The average Bonchev–Trinajstić information content (AvgIpc) is 2.26. The second kappa shape index (κ2) is 6.98. The maximum absolute atomic E-state index is 12.0. The van der Waals surface area contributed by atoms with Crippen LogP contribution in [0.15, 0.2) is 11.6 Å². The number of amides is 4. The Morgan fingerprint density at radius 2 is 1.75 bits per heavy atom. The summed E-state index contributed by atoms with van der Waals surface area (Å²) in [6.07, 6.45) is 3.90. The molecule has 1 saturated heterocycles. The molecule has 2 N–H and O–H groups in total. The van der Waals surface area contributed by atoms with Crippen molar-refractivity contribution >= 4 is 23.6 Å². The van der Waals surface area contributed by atoms with E-state index >= 15 is 0 Å². The van der Waals surface area contributed by atoms with E-state index in [4.69, 9.17) is 0 Å². The minimum absolute atomic E-state index is 0.0799. The summed E-state index contributed by atoms with van der Waals surface area (Å²) in [5, 5.41) is 3.86. The number of ketones is 1. The number of hydrogen-bond acceptors (Lipinski definition) is 4. The molecule has 1 aliphatic rings. The topological polar surface area (TPSA) is 92.3 Å². The van der Waals surface area contributed by atoms with Gasteiger partial charge in [0.05, 0.1) is 0 Å². The molecule has 0 radical (unpaired) electrons. The molecule has 1 heterocycles. The largest absolute Gasteiger partial charge is 0.328 e. The van der Waals surface area contributed by atoms with Crippen molar-refractivity contribution in [1.29, 1.82) is 0 Å². The fraction of sp³-hybridized carbons (Fsp3) is 0.571. The second-order valence-electron chi connectivity index (χ2n) is 5.38. The van der Waals surface area contributed by atoms with Gasteiger partial charge in [-0.2, -0.15) is 0 Å². The highest BCUT2D eigenvalue weighted by Crippen LogP contribution is 2.16. The van der Waals surface area contributed by atoms with Crippen LogP contribution in [-0.2, 0) is 14.4 Å². The Kier molecular flexibility index (Phi) is 5.61. The molecule has 0 saturated carbocycles. The van der Waals surface area contributed by atoms with Crippen molar-refractivity contribution in [3.05, 3.63) is 11.6 Å². The summed E-state index contributed by atoms with van der Waals surface area (Å²) in [5.74, 6) is -3.44. The van der Waals surface area contributed by atoms with Crippen molar-refractivity contribution in [2.75, 3.05) is 0 Å². The van der Waals surface area contributed by atoms with Gasteiger partial charge in [0.15, 0.2) is 11.7 Å². The van der Waals surface area contributed by atoms with E-state index in [0.29, 0.717) is 0 Å². The number of hydrogen-bond donors (Lipinski definition) is 2. The smallest absolute Gasteiger partial charge is 0.298 e. The van der Waals surface area contributed by atoms with Crippen molar-refractivity contribution in [1.82, 2.24) is 10.6 Å². The van der Waals surface area contributed by atoms with Crippen molar-refractivity contribution in [2.45, 2.75) is 40.0 Å². The van der Waals surface area contributed by atoms with Crippen molar-refractivity contribution in [3.8, 4) is 0 Å². The first-order valence-corrected chi connectivity index (χ1v) is 6.63. The third kappa shape index (κ3) is 4.60. The molecular formula is C14H20N2O4. The van der Waals surface area contributed by atoms with E-state index < -0.39 is 29.5 Å². The number of nitrogens with one attached hydrogen (secondary N) is 2. The standard InChI is InChI=1S/C14H20N2O4/c1-8(2)5-4-6-9(3)7-10(17)11-12(18)15-14(20)16-13(11)19/h5,9,11H,4,6-7H2,1-3H3,(H2,15,16,18,19,20). The fourth-order valence-electron chi connectivity index (χ4n) is 2.03. The number of allylic oxidation sites excluding steroid dienone is 2. The Labute approximate surface area is 118 Å². The predicted octanol–water partition coefficient (Wildman–Crippen LogP) is 1.31. The first-order chi connectivity index (χ1) is 9.31. The van der Waals surface area contributed by atoms with Crippen LogP contribution in [0, 0.1) is 11.8 Å². The lowest BCUT2D eigenvalue weighted by Gasteiger charge is -2.20. The Balaban J connectivity index is 2.53. The van der Waals surface area contributed by atoms with Gasteiger partial charge >= 0.3 is 6.03 Å². The van der Waals surface area contributed by atoms with Gasteiger partial charge in [0.25, 0.3) is 0 Å². The zero-order valence-corrected chi connectivity index (χ0v) is 12.0. The fourth-order valence-corrected chi connectivity index (χ4v) is 2.03. The van der Waals surface area contributed by atoms with Gasteiger partial charge in [-0.05, 0) is 32.6 Å². The van der Waals surface area contributed by atoms with Gasteiger partial charge in [-0.15, -0.1) is 0 Å². The molecule has 1 atom stereocenters. The van der Waals surface area contributed by atoms with E-state index in [1.165, 1.54) is 5.57 Å². The normalized spacial score (nSPS) is 17.2. The highest BCUT2D eigenvalue weighted by molar-refractivity contribution is 6.26. The van der Waals surface area contributed by atoms with Crippen LogP contribution in [0.4, 0.5) is 4.79 Å². The molecule has 0 aromatic rings. The number of Topliss-reactive ketones (excluding diaryl/α,β-unsaturated/α-hetero) is 1. The van der Waals surface area contributed by atoms with Gasteiger partial charge in [-0.3, -0.25) is 25.0 Å². The van der Waals surface area contributed by atoms with Crippen molar-refractivity contribution in [3.63, 3.8) is 0 Å². The molecule has 0 aromatic carbocycles. The maximum atomic E-state index is 12.0. The third-order valence-electron chi connectivity index (χ3n) is 3.08. The van der Waals surface area contributed by atoms with Gasteiger partial charge < -0.3 is 0 Å². The van der Waals surface area contributed by atoms with Crippen LogP contribution in [-0.4, -0.2) is 23.6 Å². The van der Waals surface area contributed by atoms with Crippen LogP contribution in [0.3, 0.4) is 0 Å². The van der Waals surface area contributed by atoms with Gasteiger partial charge in [-0.25, -0.2) is 4.79 Å². The molecule has 1 rings (SSSR count). The summed E-state index contributed by atoms with van der Waals surface area (Å²) in [4.78, 5) is 45.9. The lowest BCUT2D eigenvalue weighted by Crippen LogP contribution is -2.58. The molecule has 4 amide bonds. The maximum Gasteiger partial charge on any atom is 0.328 e. The second-order valence-corrected chi connectivity index (χ2v) is 5.38. The third-order valence-corrected chi connectivity index (χ3v) is 3.08. The highest BCUT2D eigenvalue weighted by Gasteiger charge is 2.39. The molecule has 0 bridgehead atoms. The van der Waals surface area contributed by atoms with Gasteiger partial charge in [0.2, 0.25) is 11.8 Å². The van der Waals surface area contributed by atoms with E-state index in [0.717, 1.165) is 12.8 Å². The number of barbiturate groups is 1. The number of carbonyl (C=O) groups is 4. The quantitative estimate of drug-likeness (QED) is 0.566. The van der Waals surface area contributed by atoms with Crippen LogP contribution in [0.5, 0.6) is 0 Å². The monoisotopic (exact) mass is 280 g/mol. The lowest BCUT2D eigenvalue weighted by atomic mass is 9.90. The predicted molar refractivity (Wildman–Crippen MR) is 72.6 cm³/mol. The summed E-state index contributed by atoms with van der Waals surface area (Å²) in [6, 6.07) is -0.874. The summed E-state index contributed by atoms with van der Waals surface area (Å²) < 4.78 is 0. The van der Waals surface area contributed by atoms with Crippen LogP contribution < -0.4 is 10.6 Å². The van der Waals surface area contributed by atoms with E-state index in [1.54, 1.807) is 0 Å². The van der Waals surface area contributed by atoms with Crippen molar-refractivity contribution < 1.29 is 19.2 Å². The summed E-state index contributed by atoms with van der Waals surface area (Å²) in [7, 11) is 0. The molecule has 0 aliphatic carbocycles. The van der Waals surface area contributed by atoms with Crippen molar-refractivity contribution in [2.24, 2.45) is 11.8 Å². The summed E-state index contributed by atoms with van der Waals surface area (Å²) >= 11 is 0. The van der Waals surface area contributed by atoms with Crippen LogP contribution in [0.25, 0.3) is 0 Å². The zero-order valence-electron chi connectivity index (χ0n) is 12.0. The molecule has 6 heteroatoms. The SMILES string of the molecule is CC(C)=CCCC(C)CC(=O)C1C(=O)NC(=O)NC1=O. The number of rotatable bonds is 6. The van der Waals surface area contributed by atoms with Crippen LogP contribution in [0.1, 0.15) is 40.0 Å². The van der Waals surface area contributed by atoms with E-state index in [9.17, 15) is 19.2 Å². The average molecular weight is 280 g/mol. The molecule has 110 valence electrons. The Bertz CT molecular complexity index is 444. The molecule has 0 spiro atoms. The Hall–Kier alpha value is -1.98. The number of carbonyl (C=O) groups excluding carboxylic acids is 4. The Morgan fingerprint density at radius 3 is 2.25 bits per heavy atom.